The van der Waals surface area contributed by atoms with E-state index < -0.39 is 5.91 Å². The molecular formula is C24H28FN7O2. The van der Waals surface area contributed by atoms with Gasteiger partial charge < -0.3 is 20.3 Å². The molecule has 34 heavy (non-hydrogen) atoms. The van der Waals surface area contributed by atoms with Gasteiger partial charge in [0.15, 0.2) is 0 Å². The molecule has 1 aliphatic rings. The molecule has 0 radical (unpaired) electrons. The zero-order valence-corrected chi connectivity index (χ0v) is 19.2. The normalized spacial score (nSPS) is 14.8. The second kappa shape index (κ2) is 10.9. The van der Waals surface area contributed by atoms with Crippen LogP contribution in [0.4, 0.5) is 16.0 Å². The van der Waals surface area contributed by atoms with Gasteiger partial charge in [0.1, 0.15) is 17.5 Å². The summed E-state index contributed by atoms with van der Waals surface area (Å²) in [7, 11) is 1.61. The minimum Gasteiger partial charge on any atom is -0.383 e. The number of halogens is 1. The fraction of sp³-hybridized carbons (Fsp3) is 0.333. The van der Waals surface area contributed by atoms with E-state index in [-0.39, 0.29) is 17.8 Å². The van der Waals surface area contributed by atoms with Crippen LogP contribution in [0.3, 0.4) is 0 Å². The van der Waals surface area contributed by atoms with Crippen LogP contribution < -0.4 is 15.5 Å². The van der Waals surface area contributed by atoms with Gasteiger partial charge in [-0.2, -0.15) is 10.1 Å². The maximum atomic E-state index is 13.2. The molecule has 0 spiro atoms. The Balaban J connectivity index is 1.54. The summed E-state index contributed by atoms with van der Waals surface area (Å²) in [4.78, 5) is 23.9. The van der Waals surface area contributed by atoms with E-state index in [2.05, 4.69) is 35.7 Å². The largest absolute Gasteiger partial charge is 0.383 e. The van der Waals surface area contributed by atoms with Crippen LogP contribution in [0.1, 0.15) is 30.1 Å². The lowest BCUT2D eigenvalue weighted by Gasteiger charge is -2.17. The van der Waals surface area contributed by atoms with Gasteiger partial charge in [0, 0.05) is 49.6 Å². The molecule has 1 saturated heterocycles. The molecule has 2 aromatic heterocycles. The lowest BCUT2D eigenvalue weighted by molar-refractivity contribution is 0.100. The Morgan fingerprint density at radius 1 is 1.24 bits per heavy atom. The molecule has 10 heteroatoms. The van der Waals surface area contributed by atoms with Crippen LogP contribution in [0.15, 0.2) is 53.7 Å². The summed E-state index contributed by atoms with van der Waals surface area (Å²) >= 11 is 0. The zero-order chi connectivity index (χ0) is 23.9. The summed E-state index contributed by atoms with van der Waals surface area (Å²) in [5.41, 5.74) is 1.84. The minimum atomic E-state index is -0.402. The number of anilines is 2. The first-order valence-corrected chi connectivity index (χ1v) is 11.2. The Morgan fingerprint density at radius 2 is 2.00 bits per heavy atom. The highest BCUT2D eigenvalue weighted by molar-refractivity contribution is 6.06. The van der Waals surface area contributed by atoms with E-state index in [0.29, 0.717) is 23.7 Å². The predicted molar refractivity (Wildman–Crippen MR) is 130 cm³/mol. The van der Waals surface area contributed by atoms with Gasteiger partial charge in [-0.25, -0.2) is 9.37 Å². The number of aliphatic imine (C=N–C) groups is 1. The standard InChI is InChI=1S/C24H28FN7O2/c1-16(15-34-2)27-24(28-21-14-20(30-31-21)17-5-7-19(25)8-6-17)29-23(33)18-9-10-26-22(13-18)32-11-3-4-12-32/h5-10,13-14,16H,3-4,11-12,15H2,1-2H3,(H3,27,28,29,30,31,33)/t16-/m0/s1. The van der Waals surface area contributed by atoms with Gasteiger partial charge >= 0.3 is 0 Å². The molecule has 1 fully saturated rings. The molecular weight excluding hydrogens is 437 g/mol. The van der Waals surface area contributed by atoms with Gasteiger partial charge in [-0.05, 0) is 56.2 Å². The molecule has 0 bridgehead atoms. The van der Waals surface area contributed by atoms with Crippen molar-refractivity contribution in [1.82, 2.24) is 20.5 Å². The molecule has 3 aromatic rings. The van der Waals surface area contributed by atoms with Crippen molar-refractivity contribution in [1.29, 1.82) is 0 Å². The van der Waals surface area contributed by atoms with E-state index in [1.807, 2.05) is 6.92 Å². The Kier molecular flexibility index (Phi) is 7.48. The van der Waals surface area contributed by atoms with E-state index in [0.717, 1.165) is 37.3 Å². The maximum absolute atomic E-state index is 13.2. The molecule has 1 amide bonds. The molecule has 1 atom stereocenters. The molecule has 0 saturated carbocycles. The van der Waals surface area contributed by atoms with E-state index >= 15 is 0 Å². The number of aromatic amines is 1. The Labute approximate surface area is 197 Å². The number of hydrogen-bond donors (Lipinski definition) is 3. The highest BCUT2D eigenvalue weighted by atomic mass is 19.1. The van der Waals surface area contributed by atoms with Crippen LogP contribution in [0.5, 0.6) is 0 Å². The number of aromatic nitrogens is 3. The third kappa shape index (κ3) is 5.96. The van der Waals surface area contributed by atoms with Gasteiger partial charge in [0.25, 0.3) is 5.91 Å². The smallest absolute Gasteiger partial charge is 0.280 e. The summed E-state index contributed by atoms with van der Waals surface area (Å²) in [5.74, 6) is 0.844. The van der Waals surface area contributed by atoms with Crippen molar-refractivity contribution in [3.63, 3.8) is 0 Å². The first kappa shape index (κ1) is 23.4. The summed E-state index contributed by atoms with van der Waals surface area (Å²) in [5, 5.41) is 13.4. The number of nitrogens with one attached hydrogen (secondary N) is 3. The Bertz CT molecular complexity index is 1140. The third-order valence-electron chi connectivity index (χ3n) is 5.41. The van der Waals surface area contributed by atoms with Crippen molar-refractivity contribution in [3.8, 4) is 11.3 Å². The van der Waals surface area contributed by atoms with Gasteiger partial charge in [0.2, 0.25) is 5.96 Å². The monoisotopic (exact) mass is 465 g/mol. The second-order valence-corrected chi connectivity index (χ2v) is 8.16. The molecule has 0 aliphatic carbocycles. The number of carbonyl (C=O) groups excluding carboxylic acids is 1. The molecule has 4 rings (SSSR count). The number of amides is 1. The summed E-state index contributed by atoms with van der Waals surface area (Å²) in [6, 6.07) is 11.1. The average molecular weight is 466 g/mol. The van der Waals surface area contributed by atoms with Crippen LogP contribution in [-0.4, -0.2) is 59.9 Å². The number of carbonyl (C=O) groups is 1. The molecule has 1 aromatic carbocycles. The number of guanidine groups is 1. The highest BCUT2D eigenvalue weighted by Crippen LogP contribution is 2.21. The molecule has 178 valence electrons. The van der Waals surface area contributed by atoms with Gasteiger partial charge in [-0.1, -0.05) is 0 Å². The minimum absolute atomic E-state index is 0.110. The fourth-order valence-electron chi connectivity index (χ4n) is 3.74. The number of benzene rings is 1. The van der Waals surface area contributed by atoms with Crippen molar-refractivity contribution >= 4 is 23.5 Å². The van der Waals surface area contributed by atoms with Crippen LogP contribution in [0.2, 0.25) is 0 Å². The maximum Gasteiger partial charge on any atom is 0.280 e. The topological polar surface area (TPSA) is 108 Å². The van der Waals surface area contributed by atoms with E-state index in [9.17, 15) is 9.18 Å². The predicted octanol–water partition coefficient (Wildman–Crippen LogP) is 3.44. The van der Waals surface area contributed by atoms with Gasteiger partial charge in [-0.15, -0.1) is 0 Å². The van der Waals surface area contributed by atoms with Crippen molar-refractivity contribution in [2.24, 2.45) is 4.99 Å². The number of H-pyrrole nitrogens is 1. The Morgan fingerprint density at radius 3 is 2.74 bits per heavy atom. The van der Waals surface area contributed by atoms with E-state index in [1.165, 1.54) is 12.1 Å². The number of hydrogen-bond acceptors (Lipinski definition) is 5. The SMILES string of the molecule is COC[C@H](C)N/C(=N/C(=O)c1ccnc(N2CCCC2)c1)Nc1cc(-c2ccc(F)cc2)n[nH]1. The van der Waals surface area contributed by atoms with Crippen molar-refractivity contribution in [2.75, 3.05) is 37.0 Å². The van der Waals surface area contributed by atoms with E-state index in [4.69, 9.17) is 4.74 Å². The van der Waals surface area contributed by atoms with Crippen LogP contribution in [-0.2, 0) is 4.74 Å². The second-order valence-electron chi connectivity index (χ2n) is 8.16. The lowest BCUT2D eigenvalue weighted by atomic mass is 10.1. The first-order valence-electron chi connectivity index (χ1n) is 11.2. The lowest BCUT2D eigenvalue weighted by Crippen LogP contribution is -2.40. The summed E-state index contributed by atoms with van der Waals surface area (Å²) in [6.07, 6.45) is 3.88. The number of methoxy groups -OCH3 is 1. The fourth-order valence-corrected chi connectivity index (χ4v) is 3.74. The zero-order valence-electron chi connectivity index (χ0n) is 19.2. The van der Waals surface area contributed by atoms with Gasteiger partial charge in [-0.3, -0.25) is 9.89 Å². The molecule has 3 N–H and O–H groups in total. The van der Waals surface area contributed by atoms with E-state index in [1.54, 1.807) is 43.6 Å². The molecule has 1 aliphatic heterocycles. The van der Waals surface area contributed by atoms with Crippen LogP contribution in [0, 0.1) is 5.82 Å². The average Bonchev–Trinajstić information content (AvgIpc) is 3.52. The van der Waals surface area contributed by atoms with Crippen molar-refractivity contribution in [3.05, 3.63) is 60.0 Å². The summed E-state index contributed by atoms with van der Waals surface area (Å²) < 4.78 is 18.4. The quantitative estimate of drug-likeness (QED) is 0.362. The van der Waals surface area contributed by atoms with Crippen molar-refractivity contribution < 1.29 is 13.9 Å². The third-order valence-corrected chi connectivity index (χ3v) is 5.41. The summed E-state index contributed by atoms with van der Waals surface area (Å²) in [6.45, 7) is 4.22. The van der Waals surface area contributed by atoms with Crippen molar-refractivity contribution in [2.45, 2.75) is 25.8 Å². The highest BCUT2D eigenvalue weighted by Gasteiger charge is 2.17. The Hall–Kier alpha value is -3.79. The molecule has 3 heterocycles. The number of nitrogens with zero attached hydrogens (tertiary/aromatic N) is 4. The van der Waals surface area contributed by atoms with Crippen LogP contribution >= 0.6 is 0 Å². The number of rotatable bonds is 7. The molecule has 9 nitrogen and oxygen atoms in total. The first-order chi connectivity index (χ1) is 16.5. The number of pyridine rings is 1. The molecule has 0 unspecified atom stereocenters. The van der Waals surface area contributed by atoms with Gasteiger partial charge in [0.05, 0.1) is 12.3 Å². The van der Waals surface area contributed by atoms with Crippen LogP contribution in [0.25, 0.3) is 11.3 Å². The number of ether oxygens (including phenoxy) is 1.